The van der Waals surface area contributed by atoms with Crippen LogP contribution in [0, 0.1) is 5.92 Å². The van der Waals surface area contributed by atoms with E-state index in [1.807, 2.05) is 54.6 Å². The molecule has 2 aliphatic heterocycles. The number of hydrogen-bond acceptors (Lipinski definition) is 3. The second kappa shape index (κ2) is 7.63. The predicted octanol–water partition coefficient (Wildman–Crippen LogP) is 4.27. The van der Waals surface area contributed by atoms with Gasteiger partial charge in [-0.1, -0.05) is 56.3 Å². The lowest BCUT2D eigenvalue weighted by Gasteiger charge is -2.33. The topological polar surface area (TPSA) is 40.6 Å². The first kappa shape index (κ1) is 18.5. The van der Waals surface area contributed by atoms with E-state index >= 15 is 0 Å². The fraction of sp³-hybridized carbons (Fsp3) is 0.333. The number of rotatable bonds is 4. The summed E-state index contributed by atoms with van der Waals surface area (Å²) in [6, 6.07) is 17.3. The van der Waals surface area contributed by atoms with Gasteiger partial charge in [0.1, 0.15) is 5.70 Å². The summed E-state index contributed by atoms with van der Waals surface area (Å²) >= 11 is 0. The Bertz CT molecular complexity index is 915. The Morgan fingerprint density at radius 3 is 2.32 bits per heavy atom. The van der Waals surface area contributed by atoms with Gasteiger partial charge in [0.15, 0.2) is 0 Å². The average molecular weight is 374 g/mol. The van der Waals surface area contributed by atoms with Crippen molar-refractivity contribution in [3.8, 4) is 0 Å². The van der Waals surface area contributed by atoms with Gasteiger partial charge in [0.05, 0.1) is 11.3 Å². The molecule has 2 aliphatic rings. The molecule has 1 fully saturated rings. The van der Waals surface area contributed by atoms with Crippen molar-refractivity contribution >= 4 is 23.1 Å². The lowest BCUT2D eigenvalue weighted by molar-refractivity contribution is -0.120. The molecule has 28 heavy (non-hydrogen) atoms. The Morgan fingerprint density at radius 2 is 1.68 bits per heavy atom. The molecule has 0 saturated carbocycles. The van der Waals surface area contributed by atoms with E-state index in [0.717, 1.165) is 37.9 Å². The lowest BCUT2D eigenvalue weighted by atomic mass is 9.98. The molecule has 0 radical (unpaired) electrons. The van der Waals surface area contributed by atoms with Crippen LogP contribution in [-0.2, 0) is 16.0 Å². The summed E-state index contributed by atoms with van der Waals surface area (Å²) in [4.78, 5) is 30.4. The van der Waals surface area contributed by atoms with Crippen molar-refractivity contribution in [1.29, 1.82) is 0 Å². The van der Waals surface area contributed by atoms with Crippen LogP contribution in [0.3, 0.4) is 0 Å². The fourth-order valence-corrected chi connectivity index (χ4v) is 4.18. The molecule has 1 unspecified atom stereocenters. The van der Waals surface area contributed by atoms with Crippen LogP contribution in [0.15, 0.2) is 60.3 Å². The van der Waals surface area contributed by atoms with Gasteiger partial charge in [0.25, 0.3) is 11.8 Å². The van der Waals surface area contributed by atoms with E-state index in [1.54, 1.807) is 0 Å². The van der Waals surface area contributed by atoms with Crippen LogP contribution < -0.4 is 4.90 Å². The highest BCUT2D eigenvalue weighted by Gasteiger charge is 2.43. The molecule has 1 atom stereocenters. The molecule has 2 amide bonds. The van der Waals surface area contributed by atoms with Crippen molar-refractivity contribution in [2.45, 2.75) is 33.1 Å². The zero-order chi connectivity index (χ0) is 19.7. The summed E-state index contributed by atoms with van der Waals surface area (Å²) in [5.74, 6) is 0.0786. The number of benzene rings is 2. The minimum absolute atomic E-state index is 0.206. The molecular weight excluding hydrogens is 348 g/mol. The van der Waals surface area contributed by atoms with Crippen molar-refractivity contribution < 1.29 is 9.59 Å². The Morgan fingerprint density at radius 1 is 0.964 bits per heavy atom. The van der Waals surface area contributed by atoms with Gasteiger partial charge < -0.3 is 4.90 Å². The van der Waals surface area contributed by atoms with Gasteiger partial charge in [0, 0.05) is 13.1 Å². The Hall–Kier alpha value is -2.88. The number of piperidine rings is 1. The number of aryl methyl sites for hydroxylation is 1. The minimum atomic E-state index is -0.228. The summed E-state index contributed by atoms with van der Waals surface area (Å²) in [6.07, 6.45) is 3.13. The molecule has 2 aromatic carbocycles. The molecule has 0 spiro atoms. The highest BCUT2D eigenvalue weighted by molar-refractivity contribution is 6.45. The van der Waals surface area contributed by atoms with Gasteiger partial charge in [-0.05, 0) is 48.4 Å². The third-order valence-corrected chi connectivity index (χ3v) is 5.70. The van der Waals surface area contributed by atoms with Gasteiger partial charge in [0.2, 0.25) is 0 Å². The second-order valence-corrected chi connectivity index (χ2v) is 7.75. The maximum Gasteiger partial charge on any atom is 0.282 e. The van der Waals surface area contributed by atoms with E-state index in [1.165, 1.54) is 10.5 Å². The van der Waals surface area contributed by atoms with Crippen molar-refractivity contribution in [1.82, 2.24) is 4.90 Å². The first-order valence-corrected chi connectivity index (χ1v) is 10.1. The average Bonchev–Trinajstić information content (AvgIpc) is 2.99. The predicted molar refractivity (Wildman–Crippen MR) is 112 cm³/mol. The summed E-state index contributed by atoms with van der Waals surface area (Å²) in [5, 5.41) is 0. The Balaban J connectivity index is 1.79. The van der Waals surface area contributed by atoms with Crippen molar-refractivity contribution in [2.75, 3.05) is 18.0 Å². The summed E-state index contributed by atoms with van der Waals surface area (Å²) < 4.78 is 0. The number of carbonyl (C=O) groups is 2. The summed E-state index contributed by atoms with van der Waals surface area (Å²) in [7, 11) is 0. The minimum Gasteiger partial charge on any atom is -0.366 e. The van der Waals surface area contributed by atoms with Gasteiger partial charge in [-0.25, -0.2) is 4.90 Å². The highest BCUT2D eigenvalue weighted by atomic mass is 16.2. The third-order valence-electron chi connectivity index (χ3n) is 5.70. The van der Waals surface area contributed by atoms with Crippen LogP contribution in [0.4, 0.5) is 5.69 Å². The number of imide groups is 1. The quantitative estimate of drug-likeness (QED) is 0.751. The molecule has 1 saturated heterocycles. The summed E-state index contributed by atoms with van der Waals surface area (Å²) in [5.41, 5.74) is 3.72. The Kier molecular flexibility index (Phi) is 5.03. The second-order valence-electron chi connectivity index (χ2n) is 7.75. The number of anilines is 1. The fourth-order valence-electron chi connectivity index (χ4n) is 4.18. The maximum absolute atomic E-state index is 13.5. The van der Waals surface area contributed by atoms with E-state index in [2.05, 4.69) is 18.7 Å². The molecule has 4 nitrogen and oxygen atoms in total. The summed E-state index contributed by atoms with van der Waals surface area (Å²) in [6.45, 7) is 5.92. The van der Waals surface area contributed by atoms with Gasteiger partial charge in [-0.3, -0.25) is 9.59 Å². The molecule has 2 aromatic rings. The SMILES string of the molecule is CCc1ccc(N2C(=O)C(c3ccccc3)=C(N3CCCC(C)C3)C2=O)cc1. The van der Waals surface area contributed by atoms with Gasteiger partial charge >= 0.3 is 0 Å². The van der Waals surface area contributed by atoms with Gasteiger partial charge in [-0.2, -0.15) is 0 Å². The molecule has 4 heteroatoms. The first-order chi connectivity index (χ1) is 13.6. The molecule has 4 rings (SSSR count). The van der Waals surface area contributed by atoms with E-state index < -0.39 is 0 Å². The van der Waals surface area contributed by atoms with E-state index in [9.17, 15) is 9.59 Å². The van der Waals surface area contributed by atoms with E-state index in [4.69, 9.17) is 0 Å². The zero-order valence-electron chi connectivity index (χ0n) is 16.5. The van der Waals surface area contributed by atoms with Crippen LogP contribution in [0.1, 0.15) is 37.8 Å². The van der Waals surface area contributed by atoms with Crippen LogP contribution in [0.2, 0.25) is 0 Å². The number of amides is 2. The lowest BCUT2D eigenvalue weighted by Crippen LogP contribution is -2.39. The number of nitrogens with zero attached hydrogens (tertiary/aromatic N) is 2. The monoisotopic (exact) mass is 374 g/mol. The smallest absolute Gasteiger partial charge is 0.282 e. The molecule has 0 N–H and O–H groups in total. The largest absolute Gasteiger partial charge is 0.366 e. The van der Waals surface area contributed by atoms with Crippen molar-refractivity contribution in [2.24, 2.45) is 5.92 Å². The maximum atomic E-state index is 13.5. The molecule has 0 aromatic heterocycles. The first-order valence-electron chi connectivity index (χ1n) is 10.1. The van der Waals surface area contributed by atoms with Crippen LogP contribution in [0.5, 0.6) is 0 Å². The molecular formula is C24H26N2O2. The van der Waals surface area contributed by atoms with Crippen LogP contribution in [-0.4, -0.2) is 29.8 Å². The molecule has 2 heterocycles. The highest BCUT2D eigenvalue weighted by Crippen LogP contribution is 2.36. The number of likely N-dealkylation sites (tertiary alicyclic amines) is 1. The Labute approximate surface area is 166 Å². The van der Waals surface area contributed by atoms with E-state index in [-0.39, 0.29) is 11.8 Å². The van der Waals surface area contributed by atoms with Crippen LogP contribution >= 0.6 is 0 Å². The molecule has 144 valence electrons. The molecule has 0 aliphatic carbocycles. The normalized spacial score (nSPS) is 20.3. The van der Waals surface area contributed by atoms with Crippen LogP contribution in [0.25, 0.3) is 5.57 Å². The van der Waals surface area contributed by atoms with E-state index in [0.29, 0.717) is 22.9 Å². The molecule has 0 bridgehead atoms. The van der Waals surface area contributed by atoms with Crippen molar-refractivity contribution in [3.05, 3.63) is 71.4 Å². The number of hydrogen-bond donors (Lipinski definition) is 0. The third kappa shape index (κ3) is 3.24. The van der Waals surface area contributed by atoms with Gasteiger partial charge in [-0.15, -0.1) is 0 Å². The van der Waals surface area contributed by atoms with Crippen molar-refractivity contribution in [3.63, 3.8) is 0 Å². The standard InChI is InChI=1S/C24H26N2O2/c1-3-18-11-13-20(14-12-18)26-23(27)21(19-9-5-4-6-10-19)22(24(26)28)25-15-7-8-17(2)16-25/h4-6,9-14,17H,3,7-8,15-16H2,1-2H3. The number of carbonyl (C=O) groups excluding carboxylic acids is 2. The zero-order valence-corrected chi connectivity index (χ0v) is 16.5.